The molecule has 0 amide bonds. The zero-order valence-corrected chi connectivity index (χ0v) is 15.6. The first-order valence-corrected chi connectivity index (χ1v) is 9.55. The van der Waals surface area contributed by atoms with Crippen molar-refractivity contribution < 1.29 is 9.52 Å². The van der Waals surface area contributed by atoms with Gasteiger partial charge in [-0.15, -0.1) is 11.3 Å². The highest BCUT2D eigenvalue weighted by molar-refractivity contribution is 7.13. The molecule has 0 aromatic carbocycles. The lowest BCUT2D eigenvalue weighted by Gasteiger charge is -2.43. The predicted octanol–water partition coefficient (Wildman–Crippen LogP) is 2.99. The fourth-order valence-corrected chi connectivity index (χ4v) is 4.10. The molecular weight excluding hydrogens is 322 g/mol. The van der Waals surface area contributed by atoms with Crippen LogP contribution < -0.4 is 0 Å². The Balaban J connectivity index is 1.68. The first kappa shape index (κ1) is 17.6. The van der Waals surface area contributed by atoms with Crippen LogP contribution in [0.2, 0.25) is 0 Å². The summed E-state index contributed by atoms with van der Waals surface area (Å²) in [5, 5.41) is 11.4. The monoisotopic (exact) mass is 349 g/mol. The minimum Gasteiger partial charge on any atom is -0.440 e. The van der Waals surface area contributed by atoms with Crippen molar-refractivity contribution in [2.75, 3.05) is 26.2 Å². The van der Waals surface area contributed by atoms with E-state index < -0.39 is 0 Å². The second-order valence-corrected chi connectivity index (χ2v) is 7.68. The second kappa shape index (κ2) is 7.78. The van der Waals surface area contributed by atoms with Gasteiger partial charge >= 0.3 is 0 Å². The molecule has 0 saturated carbocycles. The Morgan fingerprint density at radius 2 is 2.25 bits per heavy atom. The molecule has 1 aliphatic heterocycles. The van der Waals surface area contributed by atoms with Gasteiger partial charge in [0.1, 0.15) is 5.76 Å². The van der Waals surface area contributed by atoms with Gasteiger partial charge in [-0.1, -0.05) is 6.07 Å². The first-order valence-electron chi connectivity index (χ1n) is 8.67. The number of aliphatic hydroxyl groups is 1. The Morgan fingerprint density at radius 1 is 1.42 bits per heavy atom. The van der Waals surface area contributed by atoms with Crippen LogP contribution in [0.4, 0.5) is 0 Å². The molecule has 1 fully saturated rings. The summed E-state index contributed by atoms with van der Waals surface area (Å²) in [6, 6.07) is 4.98. The molecule has 3 rings (SSSR count). The molecule has 1 atom stereocenters. The van der Waals surface area contributed by atoms with Crippen LogP contribution in [0.1, 0.15) is 31.7 Å². The van der Waals surface area contributed by atoms with E-state index in [1.54, 1.807) is 11.3 Å². The number of aromatic nitrogens is 1. The molecule has 3 heterocycles. The van der Waals surface area contributed by atoms with Crippen LogP contribution >= 0.6 is 11.3 Å². The number of hydrogen-bond acceptors (Lipinski definition) is 6. The third-order valence-corrected chi connectivity index (χ3v) is 5.59. The lowest BCUT2D eigenvalue weighted by Crippen LogP contribution is -2.55. The Bertz CT molecular complexity index is 639. The van der Waals surface area contributed by atoms with Gasteiger partial charge in [-0.3, -0.25) is 9.80 Å². The predicted molar refractivity (Wildman–Crippen MR) is 97.2 cm³/mol. The number of hydrogen-bond donors (Lipinski definition) is 1. The number of rotatable bonds is 6. The van der Waals surface area contributed by atoms with Gasteiger partial charge in [0.05, 0.1) is 10.6 Å². The number of aryl methyl sites for hydroxylation is 1. The molecule has 0 aliphatic carbocycles. The van der Waals surface area contributed by atoms with Crippen molar-refractivity contribution in [2.24, 2.45) is 0 Å². The number of piperazine rings is 1. The van der Waals surface area contributed by atoms with Crippen molar-refractivity contribution in [3.63, 3.8) is 0 Å². The highest BCUT2D eigenvalue weighted by Crippen LogP contribution is 2.27. The fourth-order valence-electron chi connectivity index (χ4n) is 3.46. The molecule has 0 unspecified atom stereocenters. The molecule has 0 radical (unpaired) electrons. The molecular formula is C18H27N3O2S. The van der Waals surface area contributed by atoms with Crippen molar-refractivity contribution in [3.8, 4) is 10.8 Å². The maximum Gasteiger partial charge on any atom is 0.236 e. The third kappa shape index (κ3) is 3.88. The molecule has 6 heteroatoms. The zero-order chi connectivity index (χ0) is 17.1. The van der Waals surface area contributed by atoms with Crippen LogP contribution in [0.3, 0.4) is 0 Å². The summed E-state index contributed by atoms with van der Waals surface area (Å²) < 4.78 is 5.86. The maximum absolute atomic E-state index is 9.38. The summed E-state index contributed by atoms with van der Waals surface area (Å²) in [7, 11) is 0. The van der Waals surface area contributed by atoms with E-state index in [0.717, 1.165) is 54.8 Å². The van der Waals surface area contributed by atoms with Crippen molar-refractivity contribution in [1.29, 1.82) is 0 Å². The topological polar surface area (TPSA) is 52.7 Å². The molecule has 24 heavy (non-hydrogen) atoms. The summed E-state index contributed by atoms with van der Waals surface area (Å²) in [6.45, 7) is 10.6. The minimum atomic E-state index is 0.243. The van der Waals surface area contributed by atoms with Crippen LogP contribution in [-0.4, -0.2) is 58.2 Å². The molecule has 0 bridgehead atoms. The quantitative estimate of drug-likeness (QED) is 0.869. The number of nitrogens with zero attached hydrogens (tertiary/aromatic N) is 3. The second-order valence-electron chi connectivity index (χ2n) is 6.73. The molecule has 5 nitrogen and oxygen atoms in total. The number of oxazole rings is 1. The maximum atomic E-state index is 9.38. The average Bonchev–Trinajstić information content (AvgIpc) is 3.18. The van der Waals surface area contributed by atoms with Crippen molar-refractivity contribution in [2.45, 2.75) is 45.8 Å². The summed E-state index contributed by atoms with van der Waals surface area (Å²) in [5.74, 6) is 1.63. The van der Waals surface area contributed by atoms with Gasteiger partial charge in [0, 0.05) is 44.9 Å². The SMILES string of the molecule is Cc1oc(-c2cccs2)nc1CN1CCN(C(C)C)[C@@H](CCO)C1. The van der Waals surface area contributed by atoms with E-state index in [4.69, 9.17) is 9.40 Å². The highest BCUT2D eigenvalue weighted by atomic mass is 32.1. The largest absolute Gasteiger partial charge is 0.440 e. The summed E-state index contributed by atoms with van der Waals surface area (Å²) in [6.07, 6.45) is 0.826. The van der Waals surface area contributed by atoms with Gasteiger partial charge in [-0.05, 0) is 38.6 Å². The molecule has 1 saturated heterocycles. The van der Waals surface area contributed by atoms with E-state index in [-0.39, 0.29) is 6.61 Å². The average molecular weight is 350 g/mol. The molecule has 1 N–H and O–H groups in total. The van der Waals surface area contributed by atoms with Gasteiger partial charge in [0.2, 0.25) is 5.89 Å². The van der Waals surface area contributed by atoms with Gasteiger partial charge in [-0.2, -0.15) is 0 Å². The van der Waals surface area contributed by atoms with Crippen molar-refractivity contribution in [1.82, 2.24) is 14.8 Å². The van der Waals surface area contributed by atoms with E-state index in [2.05, 4.69) is 23.6 Å². The van der Waals surface area contributed by atoms with E-state index in [1.165, 1.54) is 0 Å². The third-order valence-electron chi connectivity index (χ3n) is 4.74. The Morgan fingerprint density at radius 3 is 2.92 bits per heavy atom. The van der Waals surface area contributed by atoms with Crippen molar-refractivity contribution >= 4 is 11.3 Å². The molecule has 0 spiro atoms. The summed E-state index contributed by atoms with van der Waals surface area (Å²) >= 11 is 1.65. The highest BCUT2D eigenvalue weighted by Gasteiger charge is 2.29. The molecule has 2 aromatic rings. The molecule has 1 aliphatic rings. The standard InChI is InChI=1S/C18H27N3O2S/c1-13(2)21-8-7-20(11-15(21)6-9-22)12-16-14(3)23-18(19-16)17-5-4-10-24-17/h4-5,10,13,15,22H,6-9,11-12H2,1-3H3/t15-/m0/s1. The first-order chi connectivity index (χ1) is 11.6. The van der Waals surface area contributed by atoms with Crippen LogP contribution in [0, 0.1) is 6.92 Å². The van der Waals surface area contributed by atoms with Gasteiger partial charge in [-0.25, -0.2) is 4.98 Å². The van der Waals surface area contributed by atoms with Gasteiger partial charge in [0.15, 0.2) is 0 Å². The Labute approximate surface area is 147 Å². The fraction of sp³-hybridized carbons (Fsp3) is 0.611. The van der Waals surface area contributed by atoms with E-state index in [1.807, 2.05) is 24.4 Å². The van der Waals surface area contributed by atoms with E-state index in [9.17, 15) is 5.11 Å². The van der Waals surface area contributed by atoms with Crippen LogP contribution in [-0.2, 0) is 6.54 Å². The van der Waals surface area contributed by atoms with E-state index in [0.29, 0.717) is 12.1 Å². The number of aliphatic hydroxyl groups excluding tert-OH is 1. The Hall–Kier alpha value is -1.21. The zero-order valence-electron chi connectivity index (χ0n) is 14.7. The molecule has 132 valence electrons. The summed E-state index contributed by atoms with van der Waals surface area (Å²) in [5.41, 5.74) is 1.03. The minimum absolute atomic E-state index is 0.243. The normalized spacial score (nSPS) is 20.1. The van der Waals surface area contributed by atoms with Crippen LogP contribution in [0.15, 0.2) is 21.9 Å². The number of thiophene rings is 1. The lowest BCUT2D eigenvalue weighted by molar-refractivity contribution is 0.0343. The van der Waals surface area contributed by atoms with E-state index >= 15 is 0 Å². The van der Waals surface area contributed by atoms with Crippen molar-refractivity contribution in [3.05, 3.63) is 29.0 Å². The smallest absolute Gasteiger partial charge is 0.236 e. The molecule has 2 aromatic heterocycles. The van der Waals surface area contributed by atoms with Crippen LogP contribution in [0.25, 0.3) is 10.8 Å². The lowest BCUT2D eigenvalue weighted by atomic mass is 10.1. The Kier molecular flexibility index (Phi) is 5.71. The summed E-state index contributed by atoms with van der Waals surface area (Å²) in [4.78, 5) is 10.7. The van der Waals surface area contributed by atoms with Gasteiger partial charge < -0.3 is 9.52 Å². The van der Waals surface area contributed by atoms with Gasteiger partial charge in [0.25, 0.3) is 0 Å². The van der Waals surface area contributed by atoms with Crippen LogP contribution in [0.5, 0.6) is 0 Å².